The Kier molecular flexibility index (Phi) is 4.97. The Hall–Kier alpha value is -0.320. The van der Waals surface area contributed by atoms with Crippen LogP contribution in [0.5, 0.6) is 0 Å². The molecule has 3 heterocycles. The fourth-order valence-corrected chi connectivity index (χ4v) is 6.01. The van der Waals surface area contributed by atoms with Crippen molar-refractivity contribution in [3.05, 3.63) is 0 Å². The molecule has 5 heteroatoms. The minimum atomic E-state index is -0.0440. The Morgan fingerprint density at radius 3 is 2.48 bits per heavy atom. The van der Waals surface area contributed by atoms with Crippen molar-refractivity contribution in [3.63, 3.8) is 0 Å². The van der Waals surface area contributed by atoms with E-state index in [0.29, 0.717) is 17.2 Å². The lowest BCUT2D eigenvalue weighted by Gasteiger charge is -2.42. The van der Waals surface area contributed by atoms with E-state index >= 15 is 0 Å². The van der Waals surface area contributed by atoms with Crippen LogP contribution >= 0.6 is 12.4 Å². The number of amides is 1. The number of hydrogen-bond acceptors (Lipinski definition) is 3. The first-order valence-corrected chi connectivity index (χ1v) is 9.43. The number of carbonyl (C=O) groups excluding carboxylic acids is 1. The number of hydrogen-bond donors (Lipinski definition) is 1. The molecule has 2 atom stereocenters. The van der Waals surface area contributed by atoms with Gasteiger partial charge in [0.15, 0.2) is 0 Å². The standard InChI is InChI=1S/C18H31N3O.ClH/c1-2-20-13-15-17(7-9-19-10-8-17)5-6-18(15,14-20)16(22)21-11-3-4-12-21;/h15,19H,2-14H2,1H3;1H. The monoisotopic (exact) mass is 341 g/mol. The van der Waals surface area contributed by atoms with Crippen LogP contribution in [0.25, 0.3) is 0 Å². The van der Waals surface area contributed by atoms with Gasteiger partial charge in [0.2, 0.25) is 5.91 Å². The lowest BCUT2D eigenvalue weighted by Crippen LogP contribution is -2.49. The van der Waals surface area contributed by atoms with Crippen LogP contribution in [0.3, 0.4) is 0 Å². The third-order valence-electron chi connectivity index (χ3n) is 7.29. The number of halogens is 1. The Labute approximate surface area is 146 Å². The first kappa shape index (κ1) is 17.5. The van der Waals surface area contributed by atoms with Crippen molar-refractivity contribution < 1.29 is 4.79 Å². The average Bonchev–Trinajstić information content (AvgIpc) is 3.25. The maximum absolute atomic E-state index is 13.4. The summed E-state index contributed by atoms with van der Waals surface area (Å²) in [5.74, 6) is 1.12. The van der Waals surface area contributed by atoms with Gasteiger partial charge in [0.1, 0.15) is 0 Å². The number of rotatable bonds is 2. The molecular weight excluding hydrogens is 310 g/mol. The summed E-state index contributed by atoms with van der Waals surface area (Å²) in [5, 5.41) is 3.53. The zero-order valence-corrected chi connectivity index (χ0v) is 15.3. The van der Waals surface area contributed by atoms with Crippen molar-refractivity contribution in [2.45, 2.75) is 45.4 Å². The number of likely N-dealkylation sites (tertiary alicyclic amines) is 2. The minimum absolute atomic E-state index is 0. The molecule has 0 bridgehead atoms. The van der Waals surface area contributed by atoms with Crippen LogP contribution in [-0.4, -0.2) is 61.5 Å². The van der Waals surface area contributed by atoms with Crippen molar-refractivity contribution in [3.8, 4) is 0 Å². The van der Waals surface area contributed by atoms with Gasteiger partial charge in [-0.25, -0.2) is 0 Å². The van der Waals surface area contributed by atoms with Crippen molar-refractivity contribution in [1.29, 1.82) is 0 Å². The smallest absolute Gasteiger partial charge is 0.230 e. The Morgan fingerprint density at radius 2 is 1.83 bits per heavy atom. The van der Waals surface area contributed by atoms with Crippen LogP contribution in [0.2, 0.25) is 0 Å². The van der Waals surface area contributed by atoms with Gasteiger partial charge >= 0.3 is 0 Å². The fourth-order valence-electron chi connectivity index (χ4n) is 6.01. The molecule has 1 amide bonds. The van der Waals surface area contributed by atoms with Crippen LogP contribution in [-0.2, 0) is 4.79 Å². The molecule has 4 fully saturated rings. The summed E-state index contributed by atoms with van der Waals surface area (Å²) >= 11 is 0. The van der Waals surface area contributed by atoms with E-state index in [2.05, 4.69) is 22.0 Å². The summed E-state index contributed by atoms with van der Waals surface area (Å²) in [6, 6.07) is 0. The van der Waals surface area contributed by atoms with E-state index in [9.17, 15) is 4.79 Å². The molecule has 0 radical (unpaired) electrons. The molecule has 4 aliphatic rings. The van der Waals surface area contributed by atoms with E-state index in [-0.39, 0.29) is 17.8 Å². The molecule has 1 saturated carbocycles. The zero-order chi connectivity index (χ0) is 15.2. The quantitative estimate of drug-likeness (QED) is 0.835. The third-order valence-corrected chi connectivity index (χ3v) is 7.29. The van der Waals surface area contributed by atoms with E-state index < -0.39 is 0 Å². The first-order valence-electron chi connectivity index (χ1n) is 9.43. The highest BCUT2D eigenvalue weighted by molar-refractivity contribution is 5.85. The SMILES string of the molecule is CCN1CC2C3(CCNCC3)CCC2(C(=O)N2CCCC2)C1.Cl. The van der Waals surface area contributed by atoms with Crippen molar-refractivity contribution in [2.24, 2.45) is 16.7 Å². The molecule has 4 rings (SSSR count). The maximum Gasteiger partial charge on any atom is 0.230 e. The highest BCUT2D eigenvalue weighted by atomic mass is 35.5. The number of carbonyl (C=O) groups is 1. The Bertz CT molecular complexity index is 446. The zero-order valence-electron chi connectivity index (χ0n) is 14.5. The summed E-state index contributed by atoms with van der Waals surface area (Å²) in [6.45, 7) is 9.86. The lowest BCUT2D eigenvalue weighted by molar-refractivity contribution is -0.142. The molecule has 0 aromatic heterocycles. The second kappa shape index (κ2) is 6.53. The van der Waals surface area contributed by atoms with Gasteiger partial charge in [0.25, 0.3) is 0 Å². The summed E-state index contributed by atoms with van der Waals surface area (Å²) < 4.78 is 0. The van der Waals surface area contributed by atoms with Crippen molar-refractivity contribution in [2.75, 3.05) is 45.8 Å². The average molecular weight is 342 g/mol. The van der Waals surface area contributed by atoms with E-state index in [1.807, 2.05) is 0 Å². The van der Waals surface area contributed by atoms with E-state index in [4.69, 9.17) is 0 Å². The lowest BCUT2D eigenvalue weighted by atomic mass is 9.66. The third kappa shape index (κ3) is 2.61. The van der Waals surface area contributed by atoms with Crippen LogP contribution in [0.15, 0.2) is 0 Å². The molecule has 3 aliphatic heterocycles. The molecular formula is C18H32ClN3O. The molecule has 1 aliphatic carbocycles. The highest BCUT2D eigenvalue weighted by Crippen LogP contribution is 2.62. The molecule has 1 spiro atoms. The molecule has 2 unspecified atom stereocenters. The first-order chi connectivity index (χ1) is 10.7. The van der Waals surface area contributed by atoms with Crippen LogP contribution in [0, 0.1) is 16.7 Å². The van der Waals surface area contributed by atoms with Crippen LogP contribution in [0.1, 0.15) is 45.4 Å². The van der Waals surface area contributed by atoms with Crippen molar-refractivity contribution in [1.82, 2.24) is 15.1 Å². The molecule has 132 valence electrons. The van der Waals surface area contributed by atoms with E-state index in [0.717, 1.165) is 52.2 Å². The van der Waals surface area contributed by atoms with Gasteiger partial charge in [0, 0.05) is 26.2 Å². The van der Waals surface area contributed by atoms with Gasteiger partial charge in [-0.15, -0.1) is 12.4 Å². The van der Waals surface area contributed by atoms with Gasteiger partial charge in [-0.2, -0.15) is 0 Å². The summed E-state index contributed by atoms with van der Waals surface area (Å²) in [4.78, 5) is 18.2. The van der Waals surface area contributed by atoms with Gasteiger partial charge in [-0.1, -0.05) is 6.92 Å². The topological polar surface area (TPSA) is 35.6 Å². The normalized spacial score (nSPS) is 36.2. The summed E-state index contributed by atoms with van der Waals surface area (Å²) in [7, 11) is 0. The number of piperidine rings is 1. The van der Waals surface area contributed by atoms with Gasteiger partial charge in [-0.3, -0.25) is 4.79 Å². The molecule has 3 saturated heterocycles. The summed E-state index contributed by atoms with van der Waals surface area (Å²) in [6.07, 6.45) is 7.41. The van der Waals surface area contributed by atoms with Crippen LogP contribution < -0.4 is 5.32 Å². The Morgan fingerprint density at radius 1 is 1.13 bits per heavy atom. The molecule has 0 aromatic carbocycles. The molecule has 0 aromatic rings. The van der Waals surface area contributed by atoms with Crippen LogP contribution in [0.4, 0.5) is 0 Å². The molecule has 1 N–H and O–H groups in total. The second-order valence-corrected chi connectivity index (χ2v) is 8.15. The Balaban J connectivity index is 0.00000156. The van der Waals surface area contributed by atoms with E-state index in [1.165, 1.54) is 32.1 Å². The molecule has 23 heavy (non-hydrogen) atoms. The van der Waals surface area contributed by atoms with E-state index in [1.54, 1.807) is 0 Å². The largest absolute Gasteiger partial charge is 0.342 e. The predicted molar refractivity (Wildman–Crippen MR) is 94.9 cm³/mol. The number of fused-ring (bicyclic) bond motifs is 2. The highest BCUT2D eigenvalue weighted by Gasteiger charge is 2.64. The number of nitrogens with zero attached hydrogens (tertiary/aromatic N) is 2. The maximum atomic E-state index is 13.4. The number of nitrogens with one attached hydrogen (secondary N) is 1. The van der Waals surface area contributed by atoms with Gasteiger partial charge < -0.3 is 15.1 Å². The van der Waals surface area contributed by atoms with Gasteiger partial charge in [0.05, 0.1) is 5.41 Å². The minimum Gasteiger partial charge on any atom is -0.342 e. The van der Waals surface area contributed by atoms with Gasteiger partial charge in [-0.05, 0) is 69.5 Å². The summed E-state index contributed by atoms with van der Waals surface area (Å²) in [5.41, 5.74) is 0.405. The fraction of sp³-hybridized carbons (Fsp3) is 0.944. The van der Waals surface area contributed by atoms with Crippen molar-refractivity contribution >= 4 is 18.3 Å². The molecule has 4 nitrogen and oxygen atoms in total. The second-order valence-electron chi connectivity index (χ2n) is 8.15. The predicted octanol–water partition coefficient (Wildman–Crippen LogP) is 2.13.